The van der Waals surface area contributed by atoms with Crippen molar-refractivity contribution < 1.29 is 96.9 Å². The largest absolute Gasteiger partial charge is 0.508 e. The predicted octanol–water partition coefficient (Wildman–Crippen LogP) is 30.8. The van der Waals surface area contributed by atoms with E-state index in [2.05, 4.69) is 52.0 Å². The lowest BCUT2D eigenvalue weighted by atomic mass is 9.77. The van der Waals surface area contributed by atoms with Gasteiger partial charge in [-0.05, 0) is 309 Å². The van der Waals surface area contributed by atoms with E-state index in [-0.39, 0.29) is 70.7 Å². The van der Waals surface area contributed by atoms with Crippen molar-refractivity contribution in [1.82, 2.24) is 0 Å². The molecule has 2 N–H and O–H groups in total. The topological polar surface area (TPSA) is 139 Å². The maximum Gasteiger partial charge on any atom is 0.429 e. The lowest BCUT2D eigenvalue weighted by Gasteiger charge is -2.28. The Morgan fingerprint density at radius 1 is 0.355 bits per heavy atom. The number of alkyl halides is 6. The van der Waals surface area contributed by atoms with Gasteiger partial charge in [-0.15, -0.1) is 46.4 Å². The Kier molecular flexibility index (Phi) is 46.8. The second-order valence-electron chi connectivity index (χ2n) is 30.9. The first kappa shape index (κ1) is 105. The van der Waals surface area contributed by atoms with Gasteiger partial charge in [-0.1, -0.05) is 128 Å². The molecule has 26 heteroatoms. The van der Waals surface area contributed by atoms with Crippen LogP contribution in [0.3, 0.4) is 0 Å². The number of rotatable bonds is 28. The summed E-state index contributed by atoms with van der Waals surface area (Å²) >= 11 is 24.2. The van der Waals surface area contributed by atoms with Crippen molar-refractivity contribution in [2.45, 2.75) is 239 Å². The fourth-order valence-electron chi connectivity index (χ4n) is 16.4. The minimum absolute atomic E-state index is 0.0840. The van der Waals surface area contributed by atoms with Gasteiger partial charge in [-0.25, -0.2) is 27.2 Å². The quantitative estimate of drug-likeness (QED) is 0.0159. The minimum Gasteiger partial charge on any atom is -0.508 e. The average Bonchev–Trinajstić information content (AvgIpc) is 0.803. The third kappa shape index (κ3) is 32.6. The van der Waals surface area contributed by atoms with Crippen LogP contribution in [0, 0.1) is 70.2 Å². The fourth-order valence-corrected chi connectivity index (χ4v) is 16.6. The Hall–Kier alpha value is -8.15. The zero-order valence-corrected chi connectivity index (χ0v) is 75.8. The molecular weight excluding hydrogens is 1720 g/mol. The molecule has 0 bridgehead atoms. The van der Waals surface area contributed by atoms with Gasteiger partial charge in [0.05, 0.1) is 53.8 Å². The molecule has 4 fully saturated rings. The van der Waals surface area contributed by atoms with Crippen LogP contribution < -0.4 is 33.2 Å². The number of esters is 1. The van der Waals surface area contributed by atoms with Gasteiger partial charge in [-0.3, -0.25) is 0 Å². The summed E-state index contributed by atoms with van der Waals surface area (Å²) in [5, 5.41) is 18.0. The summed E-state index contributed by atoms with van der Waals surface area (Å²) in [7, 11) is 0. The van der Waals surface area contributed by atoms with E-state index in [4.69, 9.17) is 96.9 Å². The van der Waals surface area contributed by atoms with Gasteiger partial charge < -0.3 is 43.4 Å². The zero-order chi connectivity index (χ0) is 90.8. The molecule has 0 aromatic heterocycles. The van der Waals surface area contributed by atoms with Gasteiger partial charge in [0.25, 0.3) is 0 Å². The Morgan fingerprint density at radius 3 is 0.935 bits per heavy atom. The Labute approximate surface area is 750 Å². The smallest absolute Gasteiger partial charge is 0.429 e. The first-order valence-electron chi connectivity index (χ1n) is 43.1. The molecule has 0 aliphatic heterocycles. The summed E-state index contributed by atoms with van der Waals surface area (Å²) in [5.74, 6) is -6.97. The van der Waals surface area contributed by atoms with E-state index in [1.165, 1.54) is 194 Å². The number of aromatic hydroxyl groups is 1. The molecular formula is C98H118Cl4F10O11S. The van der Waals surface area contributed by atoms with Gasteiger partial charge in [0, 0.05) is 0 Å². The van der Waals surface area contributed by atoms with Crippen LogP contribution in [0.2, 0.25) is 0 Å². The third-order valence-corrected chi connectivity index (χ3v) is 22.9. The second kappa shape index (κ2) is 55.5. The van der Waals surface area contributed by atoms with E-state index in [1.54, 1.807) is 52.0 Å². The first-order valence-corrected chi connectivity index (χ1v) is 45.7. The van der Waals surface area contributed by atoms with Gasteiger partial charge in [0.15, 0.2) is 46.3 Å². The minimum atomic E-state index is -4.02. The lowest BCUT2D eigenvalue weighted by molar-refractivity contribution is -0.187. The van der Waals surface area contributed by atoms with E-state index in [0.29, 0.717) is 35.0 Å². The molecule has 124 heavy (non-hydrogen) atoms. The van der Waals surface area contributed by atoms with E-state index < -0.39 is 87.0 Å². The first-order chi connectivity index (χ1) is 59.6. The SMILES string of the molecule is CCCC1CCC(c2ccc(O)cc2)CC1.CCCC1CCC(c2ccc(OC(=O)c3ccc(OCC)c(F)c3F)cc2)CC1.CCCC1CCC(c2ccc(OC(=S)c3ccc(OCC)c(F)c3F)cc2)CC1.CCCC1CCC(c2ccc(OC(F)(F)c3ccc(OCC)c(F)c3F)cc2)CC1.CCOc1ccc(C(=O)O)c(F)c1F.ClCCl.ClCCl. The second-order valence-corrected chi connectivity index (χ2v) is 32.9. The highest BCUT2D eigenvalue weighted by Crippen LogP contribution is 2.44. The maximum absolute atomic E-state index is 14.5. The molecule has 0 atom stereocenters. The number of hydrogen-bond acceptors (Lipinski definition) is 11. The van der Waals surface area contributed by atoms with Crippen molar-refractivity contribution in [2.24, 2.45) is 23.7 Å². The van der Waals surface area contributed by atoms with Crippen molar-refractivity contribution in [1.29, 1.82) is 0 Å². The van der Waals surface area contributed by atoms with Crippen LogP contribution in [0.4, 0.5) is 43.9 Å². The molecule has 4 aliphatic rings. The number of carbonyl (C=O) groups excluding carboxylic acids is 1. The van der Waals surface area contributed by atoms with Crippen LogP contribution in [0.5, 0.6) is 46.0 Å². The predicted molar refractivity (Wildman–Crippen MR) is 478 cm³/mol. The van der Waals surface area contributed by atoms with Crippen LogP contribution in [-0.4, -0.2) is 64.3 Å². The standard InChI is InChI=1S/C24H28F4O2.C24H28F2O3.C24H28F2O2S.C15H22O.C9H8F2O3.2CH2Cl2/c1-3-5-16-6-8-17(9-7-16)18-10-12-19(13-11-18)30-24(27,28)20-14-15-21(29-4-2)23(26)22(20)25;1-3-5-16-6-8-17(9-7-16)18-10-12-19(13-11-18)29-24(27)20-14-15-21(28-4-2)23(26)22(20)25;1-3-5-16-6-8-17(9-7-16)18-10-12-19(13-11-18)28-24(29)20-14-15-21(27-4-2)23(26)22(20)25;1-2-3-12-4-6-13(7-5-12)14-8-10-15(16)11-9-14;1-2-14-6-4-3-5(9(12)13)7(10)8(6)11;2*2-1-3/h10-17H,3-9H2,1-2H3;2*10-17H,3-9H2,1-2H3;8-13,16H,2-7H2,1H3;3-4H,2H2,1H3,(H,12,13);2*1H2. The molecule has 8 aromatic rings. The Morgan fingerprint density at radius 2 is 0.621 bits per heavy atom. The van der Waals surface area contributed by atoms with Crippen LogP contribution >= 0.6 is 58.6 Å². The molecule has 0 unspecified atom stereocenters. The monoisotopic (exact) mass is 1830 g/mol. The Bertz CT molecular complexity index is 4340. The highest BCUT2D eigenvalue weighted by molar-refractivity contribution is 7.80. The van der Waals surface area contributed by atoms with Crippen molar-refractivity contribution in [2.75, 3.05) is 37.1 Å². The molecule has 11 nitrogen and oxygen atoms in total. The van der Waals surface area contributed by atoms with E-state index in [0.717, 1.165) is 72.3 Å². The third-order valence-electron chi connectivity index (χ3n) is 22.6. The molecule has 0 radical (unpaired) electrons. The van der Waals surface area contributed by atoms with Gasteiger partial charge in [0.2, 0.25) is 28.3 Å². The normalized spacial score (nSPS) is 18.3. The number of carbonyl (C=O) groups is 2. The lowest BCUT2D eigenvalue weighted by Crippen LogP contribution is -2.24. The molecule has 680 valence electrons. The van der Waals surface area contributed by atoms with Crippen molar-refractivity contribution in [3.05, 3.63) is 237 Å². The van der Waals surface area contributed by atoms with Gasteiger partial charge in [-0.2, -0.15) is 26.3 Å². The summed E-state index contributed by atoms with van der Waals surface area (Å²) in [4.78, 5) is 22.7. The molecule has 8 aromatic carbocycles. The highest BCUT2D eigenvalue weighted by Gasteiger charge is 2.40. The van der Waals surface area contributed by atoms with Crippen LogP contribution in [-0.2, 0) is 6.11 Å². The van der Waals surface area contributed by atoms with E-state index in [1.807, 2.05) is 36.4 Å². The number of ether oxygens (including phenoxy) is 7. The summed E-state index contributed by atoms with van der Waals surface area (Å²) in [6.07, 6.45) is 26.3. The number of benzene rings is 8. The summed E-state index contributed by atoms with van der Waals surface area (Å²) < 4.78 is 175. The summed E-state index contributed by atoms with van der Waals surface area (Å²) in [6.45, 7) is 16.3. The summed E-state index contributed by atoms with van der Waals surface area (Å²) in [5.41, 5.74) is 2.64. The van der Waals surface area contributed by atoms with E-state index >= 15 is 0 Å². The van der Waals surface area contributed by atoms with Crippen molar-refractivity contribution in [3.8, 4) is 46.0 Å². The summed E-state index contributed by atoms with van der Waals surface area (Å²) in [6, 6.07) is 38.4. The molecule has 0 saturated heterocycles. The molecule has 12 rings (SSSR count). The molecule has 0 amide bonds. The maximum atomic E-state index is 14.5. The number of carboxylic acid groups (broad SMARTS) is 1. The number of aromatic carboxylic acids is 1. The molecule has 4 saturated carbocycles. The molecule has 0 heterocycles. The zero-order valence-electron chi connectivity index (χ0n) is 72.0. The van der Waals surface area contributed by atoms with E-state index in [9.17, 15) is 58.6 Å². The average molecular weight is 1840 g/mol. The number of halogens is 14. The number of thiocarbonyl (C=S) groups is 1. The van der Waals surface area contributed by atoms with Crippen molar-refractivity contribution in [3.63, 3.8) is 0 Å². The fraction of sp³-hybridized carbons (Fsp3) is 0.480. The number of phenolic OH excluding ortho intramolecular Hbond substituents is 1. The molecule has 4 aliphatic carbocycles. The molecule has 0 spiro atoms. The Balaban J connectivity index is 0.000000242. The van der Waals surface area contributed by atoms with Gasteiger partial charge in [0.1, 0.15) is 28.6 Å². The van der Waals surface area contributed by atoms with Crippen LogP contribution in [0.15, 0.2) is 146 Å². The highest BCUT2D eigenvalue weighted by atomic mass is 35.5. The number of hydrogen-bond donors (Lipinski definition) is 2. The number of carboxylic acids is 1. The van der Waals surface area contributed by atoms with Gasteiger partial charge >= 0.3 is 18.0 Å². The number of phenols is 1. The van der Waals surface area contributed by atoms with Crippen molar-refractivity contribution >= 4 is 75.6 Å². The van der Waals surface area contributed by atoms with Crippen LogP contribution in [0.25, 0.3) is 0 Å². The van der Waals surface area contributed by atoms with Crippen LogP contribution in [0.1, 0.15) is 287 Å².